The average Bonchev–Trinajstić information content (AvgIpc) is 3.24. The van der Waals surface area contributed by atoms with E-state index in [1.54, 1.807) is 24.3 Å². The van der Waals surface area contributed by atoms with Gasteiger partial charge >= 0.3 is 0 Å². The second-order valence-electron chi connectivity index (χ2n) is 9.54. The number of hydrogen-bond donors (Lipinski definition) is 5. The first-order chi connectivity index (χ1) is 19.4. The van der Waals surface area contributed by atoms with Crippen molar-refractivity contribution in [2.45, 2.75) is 70.0 Å². The molecule has 0 aliphatic carbocycles. The van der Waals surface area contributed by atoms with Crippen LogP contribution in [0.5, 0.6) is 0 Å². The Kier molecular flexibility index (Phi) is 12.9. The highest BCUT2D eigenvalue weighted by Crippen LogP contribution is 2.12. The van der Waals surface area contributed by atoms with Gasteiger partial charge in [0, 0.05) is 36.7 Å². The van der Waals surface area contributed by atoms with Gasteiger partial charge < -0.3 is 27.0 Å². The van der Waals surface area contributed by atoms with E-state index in [-0.39, 0.29) is 30.7 Å². The number of nitrogens with one attached hydrogen (secondary N) is 4. The van der Waals surface area contributed by atoms with E-state index in [0.717, 1.165) is 10.5 Å². The minimum atomic E-state index is -1.29. The summed E-state index contributed by atoms with van der Waals surface area (Å²) >= 11 is 5.76. The number of nitrogens with two attached hydrogens (primary N) is 1. The highest BCUT2D eigenvalue weighted by molar-refractivity contribution is 6.17. The van der Waals surface area contributed by atoms with E-state index in [1.165, 1.54) is 26.0 Å². The van der Waals surface area contributed by atoms with E-state index < -0.39 is 48.2 Å². The van der Waals surface area contributed by atoms with Crippen LogP contribution in [-0.2, 0) is 39.4 Å². The predicted molar refractivity (Wildman–Crippen MR) is 150 cm³/mol. The number of primary amides is 1. The summed E-state index contributed by atoms with van der Waals surface area (Å²) in [5.41, 5.74) is 6.51. The fraction of sp³-hybridized carbons (Fsp3) is 0.444. The number of anilines is 1. The summed E-state index contributed by atoms with van der Waals surface area (Å²) in [6.45, 7) is 3.11. The van der Waals surface area contributed by atoms with Crippen LogP contribution in [0.15, 0.2) is 36.4 Å². The normalized spacial score (nSPS) is 14.7. The Hall–Kier alpha value is -4.26. The number of alkyl halides is 1. The van der Waals surface area contributed by atoms with Gasteiger partial charge in [0.05, 0.1) is 6.42 Å². The van der Waals surface area contributed by atoms with Crippen LogP contribution in [0.2, 0.25) is 0 Å². The molecule has 6 N–H and O–H groups in total. The minimum absolute atomic E-state index is 0.131. The van der Waals surface area contributed by atoms with Crippen molar-refractivity contribution in [3.05, 3.63) is 42.0 Å². The number of carbonyl (C=O) groups excluding carboxylic acids is 7. The van der Waals surface area contributed by atoms with Crippen LogP contribution in [0.4, 0.5) is 5.69 Å². The molecule has 0 saturated heterocycles. The lowest BCUT2D eigenvalue weighted by Gasteiger charge is -2.22. The van der Waals surface area contributed by atoms with Gasteiger partial charge in [-0.25, -0.2) is 0 Å². The Bertz CT molecular complexity index is 1170. The van der Waals surface area contributed by atoms with E-state index in [2.05, 4.69) is 21.3 Å². The quantitative estimate of drug-likeness (QED) is 0.103. The molecule has 2 rings (SSSR count). The number of rotatable bonds is 16. The van der Waals surface area contributed by atoms with Gasteiger partial charge in [-0.15, -0.1) is 11.6 Å². The van der Waals surface area contributed by atoms with Crippen molar-refractivity contribution < 1.29 is 33.6 Å². The fourth-order valence-corrected chi connectivity index (χ4v) is 3.96. The van der Waals surface area contributed by atoms with Crippen molar-refractivity contribution in [1.82, 2.24) is 20.9 Å². The molecular formula is C27H35ClN6O7. The van der Waals surface area contributed by atoms with E-state index in [0.29, 0.717) is 30.8 Å². The summed E-state index contributed by atoms with van der Waals surface area (Å²) in [4.78, 5) is 85.8. The Balaban J connectivity index is 1.77. The molecule has 222 valence electrons. The van der Waals surface area contributed by atoms with Crippen LogP contribution >= 0.6 is 11.6 Å². The summed E-state index contributed by atoms with van der Waals surface area (Å²) in [6.07, 6.45) is 3.73. The molecule has 13 nitrogen and oxygen atoms in total. The van der Waals surface area contributed by atoms with Crippen LogP contribution in [0.1, 0.15) is 51.5 Å². The number of nitrogens with zero attached hydrogens (tertiary/aromatic N) is 1. The molecule has 14 heteroatoms. The molecule has 1 aromatic carbocycles. The SMILES string of the molecule is C[C@H](NC(=O)CCCCCN1C(=O)C=CC1=O)C(=O)N[C@H](C)C(=O)N[C@@H](CC(N)=O)C(=O)Nc1ccc(CCl)cc1. The number of amides is 7. The average molecular weight is 591 g/mol. The standard InChI is InChI=1S/C27H35ClN6O7/c1-16(30-22(36)6-4-3-5-13-34-23(37)11-12-24(34)38)25(39)31-17(2)26(40)33-20(14-21(29)35)27(41)32-19-9-7-18(15-28)8-10-19/h7-12,16-17,20H,3-6,13-15H2,1-2H3,(H2,29,35)(H,30,36)(H,31,39)(H,32,41)(H,33,40)/t16-,17+,20-/m0/s1. The Morgan fingerprint density at radius 3 is 2.00 bits per heavy atom. The maximum atomic E-state index is 12.7. The number of halogens is 1. The highest BCUT2D eigenvalue weighted by Gasteiger charge is 2.27. The number of hydrogen-bond acceptors (Lipinski definition) is 7. The highest BCUT2D eigenvalue weighted by atomic mass is 35.5. The minimum Gasteiger partial charge on any atom is -0.370 e. The van der Waals surface area contributed by atoms with Crippen molar-refractivity contribution >= 4 is 58.6 Å². The Morgan fingerprint density at radius 1 is 0.829 bits per heavy atom. The first-order valence-corrected chi connectivity index (χ1v) is 13.6. The number of benzene rings is 1. The smallest absolute Gasteiger partial charge is 0.253 e. The molecule has 0 radical (unpaired) electrons. The summed E-state index contributed by atoms with van der Waals surface area (Å²) in [7, 11) is 0. The third-order valence-corrected chi connectivity index (χ3v) is 6.43. The molecule has 1 aromatic rings. The molecule has 0 saturated carbocycles. The number of carbonyl (C=O) groups is 7. The Labute approximate surface area is 242 Å². The topological polar surface area (TPSA) is 197 Å². The van der Waals surface area contributed by atoms with Gasteiger partial charge in [-0.1, -0.05) is 18.6 Å². The largest absolute Gasteiger partial charge is 0.370 e. The van der Waals surface area contributed by atoms with Gasteiger partial charge in [-0.3, -0.25) is 38.5 Å². The van der Waals surface area contributed by atoms with Gasteiger partial charge in [0.1, 0.15) is 18.1 Å². The maximum Gasteiger partial charge on any atom is 0.253 e. The summed E-state index contributed by atoms with van der Waals surface area (Å²) < 4.78 is 0. The van der Waals surface area contributed by atoms with Gasteiger partial charge in [0.15, 0.2) is 0 Å². The van der Waals surface area contributed by atoms with Crippen molar-refractivity contribution in [2.75, 3.05) is 11.9 Å². The fourth-order valence-electron chi connectivity index (χ4n) is 3.78. The van der Waals surface area contributed by atoms with E-state index in [4.69, 9.17) is 17.3 Å². The molecule has 0 aromatic heterocycles. The number of imide groups is 1. The molecule has 1 aliphatic rings. The molecule has 0 spiro atoms. The summed E-state index contributed by atoms with van der Waals surface area (Å²) in [5.74, 6) is -3.64. The molecule has 7 amide bonds. The van der Waals surface area contributed by atoms with Crippen LogP contribution in [0, 0.1) is 0 Å². The predicted octanol–water partition coefficient (Wildman–Crippen LogP) is 0.219. The first-order valence-electron chi connectivity index (χ1n) is 13.1. The molecule has 1 heterocycles. The van der Waals surface area contributed by atoms with Crippen LogP contribution in [0.3, 0.4) is 0 Å². The van der Waals surface area contributed by atoms with Gasteiger partial charge in [0.2, 0.25) is 29.5 Å². The molecule has 0 unspecified atom stereocenters. The maximum absolute atomic E-state index is 12.7. The van der Waals surface area contributed by atoms with Crippen molar-refractivity contribution in [2.24, 2.45) is 5.73 Å². The van der Waals surface area contributed by atoms with Crippen molar-refractivity contribution in [3.63, 3.8) is 0 Å². The van der Waals surface area contributed by atoms with Gasteiger partial charge in [-0.05, 0) is 44.4 Å². The van der Waals surface area contributed by atoms with Crippen LogP contribution in [-0.4, -0.2) is 70.9 Å². The van der Waals surface area contributed by atoms with E-state index >= 15 is 0 Å². The lowest BCUT2D eigenvalue weighted by molar-refractivity contribution is -0.137. The Morgan fingerprint density at radius 2 is 1.41 bits per heavy atom. The molecule has 0 bridgehead atoms. The third-order valence-electron chi connectivity index (χ3n) is 6.12. The van der Waals surface area contributed by atoms with Crippen LogP contribution in [0.25, 0.3) is 0 Å². The molecule has 3 atom stereocenters. The zero-order valence-corrected chi connectivity index (χ0v) is 23.7. The van der Waals surface area contributed by atoms with Crippen molar-refractivity contribution in [3.8, 4) is 0 Å². The molecular weight excluding hydrogens is 556 g/mol. The number of unbranched alkanes of at least 4 members (excludes halogenated alkanes) is 2. The molecule has 1 aliphatic heterocycles. The third kappa shape index (κ3) is 11.0. The lowest BCUT2D eigenvalue weighted by atomic mass is 10.1. The van der Waals surface area contributed by atoms with Gasteiger partial charge in [0.25, 0.3) is 11.8 Å². The van der Waals surface area contributed by atoms with Crippen LogP contribution < -0.4 is 27.0 Å². The molecule has 41 heavy (non-hydrogen) atoms. The second-order valence-corrected chi connectivity index (χ2v) is 9.81. The second kappa shape index (κ2) is 16.1. The van der Waals surface area contributed by atoms with Gasteiger partial charge in [-0.2, -0.15) is 0 Å². The first kappa shape index (κ1) is 32.9. The zero-order valence-electron chi connectivity index (χ0n) is 22.9. The molecule has 0 fully saturated rings. The lowest BCUT2D eigenvalue weighted by Crippen LogP contribution is -2.55. The van der Waals surface area contributed by atoms with E-state index in [9.17, 15) is 33.6 Å². The summed E-state index contributed by atoms with van der Waals surface area (Å²) in [5, 5.41) is 10.0. The summed E-state index contributed by atoms with van der Waals surface area (Å²) in [6, 6.07) is 3.32. The van der Waals surface area contributed by atoms with E-state index in [1.807, 2.05) is 0 Å². The van der Waals surface area contributed by atoms with Crippen molar-refractivity contribution in [1.29, 1.82) is 0 Å². The zero-order chi connectivity index (χ0) is 30.5. The monoisotopic (exact) mass is 590 g/mol.